The molecule has 1 aromatic rings. The number of nitrogens with zero attached hydrogens (tertiary/aromatic N) is 2. The molecule has 0 unspecified atom stereocenters. The maximum absolute atomic E-state index is 11.0. The van der Waals surface area contributed by atoms with Crippen LogP contribution in [0.2, 0.25) is 0 Å². The second-order valence-corrected chi connectivity index (χ2v) is 8.77. The van der Waals surface area contributed by atoms with Gasteiger partial charge in [-0.25, -0.2) is 18.1 Å². The van der Waals surface area contributed by atoms with Gasteiger partial charge in [-0.3, -0.25) is 4.90 Å². The summed E-state index contributed by atoms with van der Waals surface area (Å²) >= 11 is 0. The number of hydrogen-bond donors (Lipinski definition) is 3. The topological polar surface area (TPSA) is 85.8 Å². The van der Waals surface area contributed by atoms with Crippen molar-refractivity contribution in [1.82, 2.24) is 20.3 Å². The Morgan fingerprint density at radius 2 is 1.74 bits per heavy atom. The number of aliphatic imine (C=N–C) groups is 1. The molecule has 0 atom stereocenters. The molecular weight excluding hydrogens is 362 g/mol. The fraction of sp³-hybridized carbons (Fsp3) is 0.632. The molecule has 0 bridgehead atoms. The van der Waals surface area contributed by atoms with Crippen LogP contribution in [0, 0.1) is 0 Å². The molecule has 0 amide bonds. The van der Waals surface area contributed by atoms with Crippen LogP contribution in [0.25, 0.3) is 0 Å². The predicted octanol–water partition coefficient (Wildman–Crippen LogP) is 1.28. The van der Waals surface area contributed by atoms with Gasteiger partial charge in [-0.1, -0.05) is 24.3 Å². The van der Waals surface area contributed by atoms with Crippen LogP contribution in [0.15, 0.2) is 29.3 Å². The highest BCUT2D eigenvalue weighted by atomic mass is 32.2. The zero-order valence-corrected chi connectivity index (χ0v) is 17.3. The SMILES string of the molecule is CCNC(=NCc1ccc(CN2CCCC2)cc1)NCCCNS(C)(=O)=O. The van der Waals surface area contributed by atoms with Crippen molar-refractivity contribution in [1.29, 1.82) is 0 Å². The van der Waals surface area contributed by atoms with Gasteiger partial charge in [-0.15, -0.1) is 0 Å². The van der Waals surface area contributed by atoms with Crippen molar-refractivity contribution in [2.45, 2.75) is 39.3 Å². The largest absolute Gasteiger partial charge is 0.357 e. The molecule has 2 rings (SSSR count). The lowest BCUT2D eigenvalue weighted by Gasteiger charge is -2.14. The summed E-state index contributed by atoms with van der Waals surface area (Å²) in [5.41, 5.74) is 2.53. The molecule has 1 aromatic carbocycles. The molecule has 8 heteroatoms. The molecule has 1 heterocycles. The van der Waals surface area contributed by atoms with Gasteiger partial charge in [-0.05, 0) is 50.4 Å². The first-order valence-corrected chi connectivity index (χ1v) is 11.6. The Morgan fingerprint density at radius 1 is 1.07 bits per heavy atom. The first-order chi connectivity index (χ1) is 13.0. The molecule has 0 spiro atoms. The van der Waals surface area contributed by atoms with Crippen molar-refractivity contribution in [2.75, 3.05) is 39.0 Å². The summed E-state index contributed by atoms with van der Waals surface area (Å²) in [5, 5.41) is 6.45. The maximum Gasteiger partial charge on any atom is 0.208 e. The normalized spacial score (nSPS) is 15.9. The summed E-state index contributed by atoms with van der Waals surface area (Å²) in [4.78, 5) is 7.11. The van der Waals surface area contributed by atoms with E-state index < -0.39 is 10.0 Å². The minimum atomic E-state index is -3.12. The molecule has 3 N–H and O–H groups in total. The first kappa shape index (κ1) is 21.7. The third kappa shape index (κ3) is 9.21. The number of sulfonamides is 1. The van der Waals surface area contributed by atoms with Crippen molar-refractivity contribution in [3.63, 3.8) is 0 Å². The summed E-state index contributed by atoms with van der Waals surface area (Å²) < 4.78 is 24.6. The molecule has 0 aliphatic carbocycles. The van der Waals surface area contributed by atoms with Crippen LogP contribution >= 0.6 is 0 Å². The van der Waals surface area contributed by atoms with Gasteiger partial charge >= 0.3 is 0 Å². The second kappa shape index (κ2) is 11.3. The van der Waals surface area contributed by atoms with Crippen LogP contribution in [-0.2, 0) is 23.1 Å². The molecule has 0 saturated carbocycles. The number of nitrogens with one attached hydrogen (secondary N) is 3. The third-order valence-electron chi connectivity index (χ3n) is 4.40. The van der Waals surface area contributed by atoms with Crippen LogP contribution in [0.3, 0.4) is 0 Å². The molecule has 1 fully saturated rings. The smallest absolute Gasteiger partial charge is 0.208 e. The van der Waals surface area contributed by atoms with Gasteiger partial charge in [-0.2, -0.15) is 0 Å². The number of likely N-dealkylation sites (tertiary alicyclic amines) is 1. The Balaban J connectivity index is 1.77. The molecule has 1 saturated heterocycles. The van der Waals surface area contributed by atoms with Gasteiger partial charge < -0.3 is 10.6 Å². The monoisotopic (exact) mass is 395 g/mol. The molecule has 1 aliphatic heterocycles. The Kier molecular flexibility index (Phi) is 9.03. The fourth-order valence-corrected chi connectivity index (χ4v) is 3.53. The average Bonchev–Trinajstić information content (AvgIpc) is 3.12. The van der Waals surface area contributed by atoms with E-state index in [0.717, 1.165) is 19.0 Å². The summed E-state index contributed by atoms with van der Waals surface area (Å²) in [6.45, 7) is 7.95. The van der Waals surface area contributed by atoms with E-state index in [2.05, 4.69) is 49.5 Å². The summed E-state index contributed by atoms with van der Waals surface area (Å²) in [7, 11) is -3.12. The summed E-state index contributed by atoms with van der Waals surface area (Å²) in [5.74, 6) is 0.748. The van der Waals surface area contributed by atoms with Gasteiger partial charge in [0.1, 0.15) is 0 Å². The van der Waals surface area contributed by atoms with E-state index in [4.69, 9.17) is 0 Å². The number of hydrogen-bond acceptors (Lipinski definition) is 4. The minimum absolute atomic E-state index is 0.420. The van der Waals surface area contributed by atoms with Crippen LogP contribution in [0.4, 0.5) is 0 Å². The van der Waals surface area contributed by atoms with Crippen molar-refractivity contribution < 1.29 is 8.42 Å². The molecule has 152 valence electrons. The lowest BCUT2D eigenvalue weighted by atomic mass is 10.1. The molecule has 0 radical (unpaired) electrons. The predicted molar refractivity (Wildman–Crippen MR) is 111 cm³/mol. The standard InChI is InChI=1S/C19H33N5O2S/c1-3-20-19(21-11-6-12-23-27(2,25)26)22-15-17-7-9-18(10-8-17)16-24-13-4-5-14-24/h7-10,23H,3-6,11-16H2,1-2H3,(H2,20,21,22). The van der Waals surface area contributed by atoms with Crippen LogP contribution in [0.5, 0.6) is 0 Å². The van der Waals surface area contributed by atoms with E-state index in [-0.39, 0.29) is 0 Å². The van der Waals surface area contributed by atoms with E-state index in [1.54, 1.807) is 0 Å². The fourth-order valence-electron chi connectivity index (χ4n) is 3.01. The first-order valence-electron chi connectivity index (χ1n) is 9.73. The lowest BCUT2D eigenvalue weighted by molar-refractivity contribution is 0.331. The number of benzene rings is 1. The number of rotatable bonds is 10. The van der Waals surface area contributed by atoms with Gasteiger partial charge in [0, 0.05) is 26.2 Å². The van der Waals surface area contributed by atoms with Crippen molar-refractivity contribution in [3.05, 3.63) is 35.4 Å². The summed E-state index contributed by atoms with van der Waals surface area (Å²) in [6, 6.07) is 8.68. The van der Waals surface area contributed by atoms with Gasteiger partial charge in [0.05, 0.1) is 12.8 Å². The quantitative estimate of drug-likeness (QED) is 0.316. The van der Waals surface area contributed by atoms with Crippen molar-refractivity contribution >= 4 is 16.0 Å². The Morgan fingerprint density at radius 3 is 2.37 bits per heavy atom. The van der Waals surface area contributed by atoms with Crippen molar-refractivity contribution in [3.8, 4) is 0 Å². The van der Waals surface area contributed by atoms with E-state index in [1.165, 1.54) is 43.3 Å². The third-order valence-corrected chi connectivity index (χ3v) is 5.13. The van der Waals surface area contributed by atoms with E-state index in [1.807, 2.05) is 6.92 Å². The lowest BCUT2D eigenvalue weighted by Crippen LogP contribution is -2.38. The van der Waals surface area contributed by atoms with Crippen LogP contribution < -0.4 is 15.4 Å². The summed E-state index contributed by atoms with van der Waals surface area (Å²) in [6.07, 6.45) is 4.50. The average molecular weight is 396 g/mol. The van der Waals surface area contributed by atoms with Crippen molar-refractivity contribution in [2.24, 2.45) is 4.99 Å². The Labute approximate surface area is 163 Å². The van der Waals surface area contributed by atoms with Gasteiger partial charge in [0.2, 0.25) is 10.0 Å². The maximum atomic E-state index is 11.0. The zero-order chi connectivity index (χ0) is 19.5. The highest BCUT2D eigenvalue weighted by Crippen LogP contribution is 2.13. The Bertz CT molecular complexity index is 683. The van der Waals surface area contributed by atoms with Gasteiger partial charge in [0.25, 0.3) is 0 Å². The molecular formula is C19H33N5O2S. The van der Waals surface area contributed by atoms with E-state index in [0.29, 0.717) is 26.1 Å². The van der Waals surface area contributed by atoms with Gasteiger partial charge in [0.15, 0.2) is 5.96 Å². The van der Waals surface area contributed by atoms with E-state index >= 15 is 0 Å². The zero-order valence-electron chi connectivity index (χ0n) is 16.5. The highest BCUT2D eigenvalue weighted by molar-refractivity contribution is 7.88. The van der Waals surface area contributed by atoms with Crippen LogP contribution in [-0.4, -0.2) is 58.3 Å². The highest BCUT2D eigenvalue weighted by Gasteiger charge is 2.11. The molecule has 1 aliphatic rings. The Hall–Kier alpha value is -1.64. The van der Waals surface area contributed by atoms with Crippen LogP contribution in [0.1, 0.15) is 37.3 Å². The molecule has 27 heavy (non-hydrogen) atoms. The minimum Gasteiger partial charge on any atom is -0.357 e. The second-order valence-electron chi connectivity index (χ2n) is 6.94. The van der Waals surface area contributed by atoms with E-state index in [9.17, 15) is 8.42 Å². The molecule has 7 nitrogen and oxygen atoms in total. The number of guanidine groups is 1. The molecule has 0 aromatic heterocycles.